The Bertz CT molecular complexity index is 557. The summed E-state index contributed by atoms with van der Waals surface area (Å²) in [6, 6.07) is 0. The van der Waals surface area contributed by atoms with Gasteiger partial charge in [0.05, 0.1) is 22.0 Å². The molecule has 0 aromatic carbocycles. The quantitative estimate of drug-likeness (QED) is 0.585. The van der Waals surface area contributed by atoms with Crippen molar-refractivity contribution in [3.05, 3.63) is 31.5 Å². The maximum Gasteiger partial charge on any atom is 0.330 e. The minimum Gasteiger partial charge on any atom is -0.394 e. The molecule has 1 aliphatic heterocycles. The van der Waals surface area contributed by atoms with E-state index in [4.69, 9.17) is 9.84 Å². The lowest BCUT2D eigenvalue weighted by molar-refractivity contribution is -0.0531. The molecule has 0 radical (unpaired) electrons. The highest BCUT2D eigenvalue weighted by Gasteiger charge is 2.43. The fourth-order valence-corrected chi connectivity index (χ4v) is 2.61. The van der Waals surface area contributed by atoms with E-state index < -0.39 is 34.5 Å². The molecule has 2 heterocycles. The van der Waals surface area contributed by atoms with Crippen molar-refractivity contribution in [2.24, 2.45) is 0 Å². The zero-order valence-electron chi connectivity index (χ0n) is 8.92. The smallest absolute Gasteiger partial charge is 0.330 e. The van der Waals surface area contributed by atoms with Gasteiger partial charge in [-0.05, 0) is 15.9 Å². The Balaban J connectivity index is 2.42. The Kier molecular flexibility index (Phi) is 4.07. The lowest BCUT2D eigenvalue weighted by Crippen LogP contribution is -2.36. The number of H-pyrrole nitrogens is 1. The molecule has 0 unspecified atom stereocenters. The van der Waals surface area contributed by atoms with Crippen LogP contribution in [-0.4, -0.2) is 43.4 Å². The fourth-order valence-electron chi connectivity index (χ4n) is 1.74. The second-order valence-corrected chi connectivity index (χ2v) is 5.74. The summed E-state index contributed by atoms with van der Waals surface area (Å²) in [6.45, 7) is -0.289. The average molecular weight is 386 g/mol. The van der Waals surface area contributed by atoms with Gasteiger partial charge in [-0.3, -0.25) is 14.3 Å². The second kappa shape index (κ2) is 5.25. The SMILES string of the molecule is O=c1[nH]c(=O)n([C@@H]2O[C@H](CO)[C@H](Br)[C@H]2O)cc1Br. The summed E-state index contributed by atoms with van der Waals surface area (Å²) in [5, 5.41) is 19.0. The molecule has 2 rings (SSSR count). The van der Waals surface area contributed by atoms with Gasteiger partial charge in [0, 0.05) is 6.20 Å². The van der Waals surface area contributed by atoms with E-state index in [1.165, 1.54) is 6.20 Å². The molecule has 0 aliphatic carbocycles. The van der Waals surface area contributed by atoms with E-state index in [1.807, 2.05) is 0 Å². The van der Waals surface area contributed by atoms with Gasteiger partial charge in [0.2, 0.25) is 0 Å². The van der Waals surface area contributed by atoms with Crippen LogP contribution in [0.25, 0.3) is 0 Å². The molecule has 3 N–H and O–H groups in total. The Hall–Kier alpha value is -0.480. The highest BCUT2D eigenvalue weighted by Crippen LogP contribution is 2.32. The van der Waals surface area contributed by atoms with Gasteiger partial charge in [-0.25, -0.2) is 4.79 Å². The molecule has 1 aromatic heterocycles. The highest BCUT2D eigenvalue weighted by molar-refractivity contribution is 9.10. The van der Waals surface area contributed by atoms with Crippen LogP contribution < -0.4 is 11.2 Å². The third kappa shape index (κ3) is 2.32. The molecule has 0 spiro atoms. The summed E-state index contributed by atoms with van der Waals surface area (Å²) < 4.78 is 6.59. The summed E-state index contributed by atoms with van der Waals surface area (Å²) in [5.74, 6) is 0. The number of hydrogen-bond acceptors (Lipinski definition) is 5. The van der Waals surface area contributed by atoms with Crippen LogP contribution in [0.15, 0.2) is 20.3 Å². The lowest BCUT2D eigenvalue weighted by atomic mass is 10.2. The number of aromatic amines is 1. The molecule has 1 aliphatic rings. The van der Waals surface area contributed by atoms with E-state index in [1.54, 1.807) is 0 Å². The molecular formula is C9H10Br2N2O5. The fraction of sp³-hybridized carbons (Fsp3) is 0.556. The molecule has 7 nitrogen and oxygen atoms in total. The second-order valence-electron chi connectivity index (χ2n) is 3.83. The Morgan fingerprint density at radius 1 is 1.50 bits per heavy atom. The van der Waals surface area contributed by atoms with E-state index in [0.29, 0.717) is 0 Å². The van der Waals surface area contributed by atoms with Gasteiger partial charge in [-0.1, -0.05) is 15.9 Å². The lowest BCUT2D eigenvalue weighted by Gasteiger charge is -2.17. The van der Waals surface area contributed by atoms with Crippen LogP contribution in [0.3, 0.4) is 0 Å². The van der Waals surface area contributed by atoms with Gasteiger partial charge >= 0.3 is 5.69 Å². The van der Waals surface area contributed by atoms with E-state index in [9.17, 15) is 14.7 Å². The predicted molar refractivity (Wildman–Crippen MR) is 68.7 cm³/mol. The summed E-state index contributed by atoms with van der Waals surface area (Å²) in [5.41, 5.74) is -1.25. The molecule has 0 bridgehead atoms. The van der Waals surface area contributed by atoms with Crippen LogP contribution in [0.5, 0.6) is 0 Å². The maximum atomic E-state index is 11.6. The maximum absolute atomic E-state index is 11.6. The predicted octanol–water partition coefficient (Wildman–Crippen LogP) is -0.687. The van der Waals surface area contributed by atoms with Crippen molar-refractivity contribution in [3.63, 3.8) is 0 Å². The minimum absolute atomic E-state index is 0.150. The van der Waals surface area contributed by atoms with Crippen molar-refractivity contribution >= 4 is 31.9 Å². The molecule has 1 saturated heterocycles. The molecule has 100 valence electrons. The van der Waals surface area contributed by atoms with Crippen molar-refractivity contribution in [1.29, 1.82) is 0 Å². The number of aliphatic hydroxyl groups excluding tert-OH is 2. The van der Waals surface area contributed by atoms with Crippen LogP contribution in [0.2, 0.25) is 0 Å². The molecule has 18 heavy (non-hydrogen) atoms. The van der Waals surface area contributed by atoms with Crippen LogP contribution in [0.1, 0.15) is 6.23 Å². The number of rotatable bonds is 2. The number of ether oxygens (including phenoxy) is 1. The van der Waals surface area contributed by atoms with Crippen molar-refractivity contribution in [1.82, 2.24) is 9.55 Å². The van der Waals surface area contributed by atoms with Crippen molar-refractivity contribution in [3.8, 4) is 0 Å². The molecule has 1 fully saturated rings. The minimum atomic E-state index is -1.02. The summed E-state index contributed by atoms with van der Waals surface area (Å²) in [4.78, 5) is 24.4. The number of aliphatic hydroxyl groups is 2. The largest absolute Gasteiger partial charge is 0.394 e. The van der Waals surface area contributed by atoms with Crippen LogP contribution in [0, 0.1) is 0 Å². The van der Waals surface area contributed by atoms with Crippen molar-refractivity contribution < 1.29 is 14.9 Å². The molecule has 4 atom stereocenters. The van der Waals surface area contributed by atoms with Gasteiger partial charge in [-0.2, -0.15) is 0 Å². The standard InChI is InChI=1S/C9H10Br2N2O5/c10-3-1-13(9(17)12-7(3)16)8-6(15)5(11)4(2-14)18-8/h1,4-6,8,14-15H,2H2,(H,12,16,17)/t4-,5+,6-,8-/m1/s1. The Morgan fingerprint density at radius 2 is 2.17 bits per heavy atom. The number of nitrogens with one attached hydrogen (secondary N) is 1. The molecular weight excluding hydrogens is 376 g/mol. The zero-order chi connectivity index (χ0) is 13.4. The summed E-state index contributed by atoms with van der Waals surface area (Å²) in [6.07, 6.45) is -1.36. The van der Waals surface area contributed by atoms with Gasteiger partial charge in [0.15, 0.2) is 6.23 Å². The van der Waals surface area contributed by atoms with E-state index in [0.717, 1.165) is 4.57 Å². The third-order valence-electron chi connectivity index (χ3n) is 2.67. The first-order valence-electron chi connectivity index (χ1n) is 5.05. The van der Waals surface area contributed by atoms with Crippen LogP contribution >= 0.6 is 31.9 Å². The normalized spacial score (nSPS) is 31.8. The van der Waals surface area contributed by atoms with Crippen molar-refractivity contribution in [2.75, 3.05) is 6.61 Å². The monoisotopic (exact) mass is 384 g/mol. The number of nitrogens with zero attached hydrogens (tertiary/aromatic N) is 1. The number of aromatic nitrogens is 2. The molecule has 9 heteroatoms. The first kappa shape index (κ1) is 13.9. The van der Waals surface area contributed by atoms with Gasteiger partial charge in [0.25, 0.3) is 5.56 Å². The van der Waals surface area contributed by atoms with E-state index >= 15 is 0 Å². The average Bonchev–Trinajstić information content (AvgIpc) is 2.61. The number of alkyl halides is 1. The van der Waals surface area contributed by atoms with E-state index in [2.05, 4.69) is 36.8 Å². The van der Waals surface area contributed by atoms with Gasteiger partial charge in [-0.15, -0.1) is 0 Å². The van der Waals surface area contributed by atoms with Gasteiger partial charge in [0.1, 0.15) is 6.10 Å². The van der Waals surface area contributed by atoms with Crippen LogP contribution in [-0.2, 0) is 4.74 Å². The summed E-state index contributed by atoms with van der Waals surface area (Å²) >= 11 is 6.18. The topological polar surface area (TPSA) is 105 Å². The molecule has 0 saturated carbocycles. The number of halogens is 2. The van der Waals surface area contributed by atoms with Crippen LogP contribution in [0.4, 0.5) is 0 Å². The number of hydrogen-bond donors (Lipinski definition) is 3. The van der Waals surface area contributed by atoms with E-state index in [-0.39, 0.29) is 11.1 Å². The van der Waals surface area contributed by atoms with Gasteiger partial charge < -0.3 is 14.9 Å². The molecule has 0 amide bonds. The summed E-state index contributed by atoms with van der Waals surface area (Å²) in [7, 11) is 0. The third-order valence-corrected chi connectivity index (χ3v) is 4.36. The Labute approximate surface area is 118 Å². The first-order chi connectivity index (χ1) is 8.45. The van der Waals surface area contributed by atoms with Crippen molar-refractivity contribution in [2.45, 2.75) is 23.3 Å². The Morgan fingerprint density at radius 3 is 2.72 bits per heavy atom. The highest BCUT2D eigenvalue weighted by atomic mass is 79.9. The zero-order valence-corrected chi connectivity index (χ0v) is 12.1. The first-order valence-corrected chi connectivity index (χ1v) is 6.76. The molecule has 1 aromatic rings.